The first-order chi connectivity index (χ1) is 5.74. The van der Waals surface area contributed by atoms with Crippen molar-refractivity contribution in [2.45, 2.75) is 6.92 Å². The van der Waals surface area contributed by atoms with Gasteiger partial charge in [-0.3, -0.25) is 0 Å². The predicted octanol–water partition coefficient (Wildman–Crippen LogP) is 1.11. The Hall–Kier alpha value is -1.16. The van der Waals surface area contributed by atoms with Crippen molar-refractivity contribution >= 4 is 17.2 Å². The van der Waals surface area contributed by atoms with E-state index < -0.39 is 0 Å². The van der Waals surface area contributed by atoms with E-state index in [4.69, 9.17) is 22.7 Å². The van der Waals surface area contributed by atoms with Gasteiger partial charge in [-0.15, -0.1) is 0 Å². The summed E-state index contributed by atoms with van der Waals surface area (Å²) in [6.07, 6.45) is 1.61. The van der Waals surface area contributed by atoms with Gasteiger partial charge in [-0.25, -0.2) is 4.98 Å². The maximum Gasteiger partial charge on any atom is 0.137 e. The molecule has 2 N–H and O–H groups in total. The molecule has 1 aromatic heterocycles. The van der Waals surface area contributed by atoms with Crippen LogP contribution in [0.1, 0.15) is 12.6 Å². The fraction of sp³-hybridized carbons (Fsp3) is 0.250. The van der Waals surface area contributed by atoms with E-state index in [1.54, 1.807) is 18.3 Å². The van der Waals surface area contributed by atoms with Crippen LogP contribution in [0.2, 0.25) is 0 Å². The van der Waals surface area contributed by atoms with E-state index in [0.29, 0.717) is 17.3 Å². The average molecular weight is 182 g/mol. The smallest absolute Gasteiger partial charge is 0.137 e. The summed E-state index contributed by atoms with van der Waals surface area (Å²) < 4.78 is 5.19. The molecule has 0 atom stereocenters. The molecule has 0 saturated carbocycles. The van der Waals surface area contributed by atoms with E-state index in [1.165, 1.54) is 0 Å². The number of hydrogen-bond acceptors (Lipinski definition) is 3. The Kier molecular flexibility index (Phi) is 2.99. The molecule has 0 spiro atoms. The zero-order valence-corrected chi connectivity index (χ0v) is 7.60. The summed E-state index contributed by atoms with van der Waals surface area (Å²) in [7, 11) is 0. The summed E-state index contributed by atoms with van der Waals surface area (Å²) in [6, 6.07) is 3.54. The zero-order chi connectivity index (χ0) is 8.97. The molecule has 3 nitrogen and oxygen atoms in total. The SMILES string of the molecule is CCOc1ccc(C(N)=S)nc1. The van der Waals surface area contributed by atoms with Crippen molar-refractivity contribution in [2.24, 2.45) is 5.73 Å². The molecular formula is C8H10N2OS. The minimum atomic E-state index is 0.304. The Balaban J connectivity index is 2.78. The number of pyridine rings is 1. The first kappa shape index (κ1) is 8.93. The van der Waals surface area contributed by atoms with Gasteiger partial charge in [0.25, 0.3) is 0 Å². The molecule has 0 aliphatic carbocycles. The number of rotatable bonds is 3. The second-order valence-electron chi connectivity index (χ2n) is 2.18. The van der Waals surface area contributed by atoms with E-state index in [9.17, 15) is 0 Å². The number of nitrogens with two attached hydrogens (primary N) is 1. The molecule has 0 amide bonds. The van der Waals surface area contributed by atoms with Crippen LogP contribution in [-0.2, 0) is 0 Å². The van der Waals surface area contributed by atoms with Crippen LogP contribution in [0.3, 0.4) is 0 Å². The van der Waals surface area contributed by atoms with Gasteiger partial charge in [0.15, 0.2) is 0 Å². The van der Waals surface area contributed by atoms with Crippen LogP contribution in [0.15, 0.2) is 18.3 Å². The molecule has 0 unspecified atom stereocenters. The monoisotopic (exact) mass is 182 g/mol. The summed E-state index contributed by atoms with van der Waals surface area (Å²) in [4.78, 5) is 4.31. The number of nitrogens with zero attached hydrogens (tertiary/aromatic N) is 1. The fourth-order valence-corrected chi connectivity index (χ4v) is 0.899. The molecule has 1 aromatic rings. The van der Waals surface area contributed by atoms with Gasteiger partial charge in [0.2, 0.25) is 0 Å². The largest absolute Gasteiger partial charge is 0.492 e. The van der Waals surface area contributed by atoms with E-state index in [2.05, 4.69) is 4.98 Å². The van der Waals surface area contributed by atoms with E-state index >= 15 is 0 Å². The molecule has 0 aliphatic heterocycles. The van der Waals surface area contributed by atoms with Crippen LogP contribution in [0.4, 0.5) is 0 Å². The van der Waals surface area contributed by atoms with Gasteiger partial charge in [-0.05, 0) is 19.1 Å². The molecule has 1 rings (SSSR count). The number of thiocarbonyl (C=S) groups is 1. The van der Waals surface area contributed by atoms with Crippen LogP contribution in [-0.4, -0.2) is 16.6 Å². The van der Waals surface area contributed by atoms with Crippen molar-refractivity contribution in [1.29, 1.82) is 0 Å². The Morgan fingerprint density at radius 2 is 2.42 bits per heavy atom. The van der Waals surface area contributed by atoms with Crippen LogP contribution in [0.25, 0.3) is 0 Å². The maximum absolute atomic E-state index is 5.37. The first-order valence-corrected chi connectivity index (χ1v) is 4.03. The predicted molar refractivity (Wildman–Crippen MR) is 51.3 cm³/mol. The van der Waals surface area contributed by atoms with Gasteiger partial charge in [-0.1, -0.05) is 12.2 Å². The Morgan fingerprint density at radius 1 is 1.67 bits per heavy atom. The van der Waals surface area contributed by atoms with Gasteiger partial charge in [0, 0.05) is 0 Å². The lowest BCUT2D eigenvalue weighted by Gasteiger charge is -2.02. The molecule has 12 heavy (non-hydrogen) atoms. The quantitative estimate of drug-likeness (QED) is 0.711. The van der Waals surface area contributed by atoms with Gasteiger partial charge in [-0.2, -0.15) is 0 Å². The fourth-order valence-electron chi connectivity index (χ4n) is 0.778. The van der Waals surface area contributed by atoms with Crippen LogP contribution in [0.5, 0.6) is 5.75 Å². The summed E-state index contributed by atoms with van der Waals surface area (Å²) in [6.45, 7) is 2.55. The highest BCUT2D eigenvalue weighted by Gasteiger charge is 1.97. The van der Waals surface area contributed by atoms with Gasteiger partial charge >= 0.3 is 0 Å². The average Bonchev–Trinajstić information content (AvgIpc) is 2.06. The van der Waals surface area contributed by atoms with Gasteiger partial charge in [0.05, 0.1) is 18.5 Å². The number of aromatic nitrogens is 1. The third-order valence-corrected chi connectivity index (χ3v) is 1.51. The Bertz CT molecular complexity index is 271. The molecule has 0 aliphatic rings. The lowest BCUT2D eigenvalue weighted by molar-refractivity contribution is 0.339. The third kappa shape index (κ3) is 2.17. The summed E-state index contributed by atoms with van der Waals surface area (Å²) >= 11 is 4.74. The first-order valence-electron chi connectivity index (χ1n) is 3.62. The molecular weight excluding hydrogens is 172 g/mol. The maximum atomic E-state index is 5.37. The normalized spacial score (nSPS) is 9.42. The van der Waals surface area contributed by atoms with Crippen molar-refractivity contribution in [3.8, 4) is 5.75 Å². The Morgan fingerprint density at radius 3 is 2.83 bits per heavy atom. The van der Waals surface area contributed by atoms with Crippen molar-refractivity contribution < 1.29 is 4.74 Å². The molecule has 0 aromatic carbocycles. The topological polar surface area (TPSA) is 48.1 Å². The number of ether oxygens (including phenoxy) is 1. The van der Waals surface area contributed by atoms with Crippen molar-refractivity contribution in [3.05, 3.63) is 24.0 Å². The third-order valence-electron chi connectivity index (χ3n) is 1.30. The highest BCUT2D eigenvalue weighted by atomic mass is 32.1. The standard InChI is InChI=1S/C8H10N2OS/c1-2-11-6-3-4-7(8(9)12)10-5-6/h3-5H,2H2,1H3,(H2,9,12). The van der Waals surface area contributed by atoms with Crippen LogP contribution >= 0.6 is 12.2 Å². The van der Waals surface area contributed by atoms with E-state index in [-0.39, 0.29) is 0 Å². The summed E-state index contributed by atoms with van der Waals surface area (Å²) in [5.41, 5.74) is 5.98. The highest BCUT2D eigenvalue weighted by Crippen LogP contribution is 2.08. The van der Waals surface area contributed by atoms with Gasteiger partial charge in [0.1, 0.15) is 10.7 Å². The highest BCUT2D eigenvalue weighted by molar-refractivity contribution is 7.80. The van der Waals surface area contributed by atoms with Gasteiger partial charge < -0.3 is 10.5 Å². The molecule has 0 fully saturated rings. The Labute approximate surface area is 76.6 Å². The second kappa shape index (κ2) is 4.01. The van der Waals surface area contributed by atoms with Crippen molar-refractivity contribution in [2.75, 3.05) is 6.61 Å². The molecule has 0 radical (unpaired) electrons. The van der Waals surface area contributed by atoms with Crippen LogP contribution < -0.4 is 10.5 Å². The summed E-state index contributed by atoms with van der Waals surface area (Å²) in [5.74, 6) is 0.734. The summed E-state index contributed by atoms with van der Waals surface area (Å²) in [5, 5.41) is 0. The minimum absolute atomic E-state index is 0.304. The van der Waals surface area contributed by atoms with Crippen molar-refractivity contribution in [1.82, 2.24) is 4.98 Å². The zero-order valence-electron chi connectivity index (χ0n) is 6.78. The minimum Gasteiger partial charge on any atom is -0.492 e. The van der Waals surface area contributed by atoms with Crippen LogP contribution in [0, 0.1) is 0 Å². The number of hydrogen-bond donors (Lipinski definition) is 1. The molecule has 0 bridgehead atoms. The lowest BCUT2D eigenvalue weighted by atomic mass is 10.3. The van der Waals surface area contributed by atoms with Crippen molar-refractivity contribution in [3.63, 3.8) is 0 Å². The van der Waals surface area contributed by atoms with E-state index in [0.717, 1.165) is 5.75 Å². The lowest BCUT2D eigenvalue weighted by Crippen LogP contribution is -2.11. The van der Waals surface area contributed by atoms with E-state index in [1.807, 2.05) is 6.92 Å². The second-order valence-corrected chi connectivity index (χ2v) is 2.62. The molecule has 1 heterocycles. The molecule has 64 valence electrons. The molecule has 0 saturated heterocycles. The molecule has 4 heteroatoms.